The Bertz CT molecular complexity index is 540. The highest BCUT2D eigenvalue weighted by Gasteiger charge is 2.36. The van der Waals surface area contributed by atoms with Crippen LogP contribution in [0.15, 0.2) is 27.6 Å². The van der Waals surface area contributed by atoms with Gasteiger partial charge >= 0.3 is 0 Å². The van der Waals surface area contributed by atoms with Crippen molar-refractivity contribution >= 4 is 37.6 Å². The van der Waals surface area contributed by atoms with E-state index in [2.05, 4.69) is 20.7 Å². The van der Waals surface area contributed by atoms with Crippen molar-refractivity contribution in [3.8, 4) is 0 Å². The molecule has 1 fully saturated rings. The topological polar surface area (TPSA) is 46.2 Å². The van der Waals surface area contributed by atoms with Crippen LogP contribution in [0, 0.1) is 0 Å². The van der Waals surface area contributed by atoms with Crippen molar-refractivity contribution < 1.29 is 8.42 Å². The fourth-order valence-corrected chi connectivity index (χ4v) is 4.39. The molecule has 1 aliphatic carbocycles. The Morgan fingerprint density at radius 2 is 2.06 bits per heavy atom. The molecule has 2 rings (SSSR count). The Balaban J connectivity index is 2.31. The highest BCUT2D eigenvalue weighted by molar-refractivity contribution is 9.10. The summed E-state index contributed by atoms with van der Waals surface area (Å²) in [4.78, 5) is 0.135. The quantitative estimate of drug-likeness (QED) is 0.919. The maximum Gasteiger partial charge on any atom is 0.242 e. The molecule has 0 amide bonds. The van der Waals surface area contributed by atoms with Crippen LogP contribution in [-0.2, 0) is 10.0 Å². The van der Waals surface area contributed by atoms with Crippen LogP contribution < -0.4 is 4.72 Å². The standard InChI is InChI=1S/C11H13BrClNO2S/c1-11(5-2-6-11)14-17(15,16)10-4-3-8(12)7-9(10)13/h3-4,7,14H,2,5-6H2,1H3. The molecule has 0 radical (unpaired) electrons. The molecule has 94 valence electrons. The molecule has 6 heteroatoms. The van der Waals surface area contributed by atoms with Crippen molar-refractivity contribution in [2.24, 2.45) is 0 Å². The normalized spacial score (nSPS) is 18.8. The molecule has 0 bridgehead atoms. The summed E-state index contributed by atoms with van der Waals surface area (Å²) in [6.07, 6.45) is 2.81. The van der Waals surface area contributed by atoms with Gasteiger partial charge in [-0.15, -0.1) is 0 Å². The summed E-state index contributed by atoms with van der Waals surface area (Å²) in [6.45, 7) is 1.92. The van der Waals surface area contributed by atoms with Crippen molar-refractivity contribution in [2.75, 3.05) is 0 Å². The van der Waals surface area contributed by atoms with Crippen LogP contribution in [0.5, 0.6) is 0 Å². The number of rotatable bonds is 3. The Hall–Kier alpha value is -0.100. The van der Waals surface area contributed by atoms with E-state index in [1.165, 1.54) is 6.07 Å². The van der Waals surface area contributed by atoms with Gasteiger partial charge in [0, 0.05) is 10.0 Å². The van der Waals surface area contributed by atoms with Crippen LogP contribution in [0.2, 0.25) is 5.02 Å². The first-order valence-electron chi connectivity index (χ1n) is 5.31. The zero-order chi connectivity index (χ0) is 12.7. The fraction of sp³-hybridized carbons (Fsp3) is 0.455. The number of hydrogen-bond acceptors (Lipinski definition) is 2. The third kappa shape index (κ3) is 2.84. The summed E-state index contributed by atoms with van der Waals surface area (Å²) in [7, 11) is -3.53. The lowest BCUT2D eigenvalue weighted by Crippen LogP contribution is -2.50. The first-order valence-corrected chi connectivity index (χ1v) is 7.97. The van der Waals surface area contributed by atoms with Gasteiger partial charge in [-0.05, 0) is 44.4 Å². The second kappa shape index (κ2) is 4.53. The average Bonchev–Trinajstić information content (AvgIpc) is 2.13. The van der Waals surface area contributed by atoms with Gasteiger partial charge in [0.2, 0.25) is 10.0 Å². The van der Waals surface area contributed by atoms with Crippen LogP contribution in [0.1, 0.15) is 26.2 Å². The molecule has 17 heavy (non-hydrogen) atoms. The molecule has 0 aromatic heterocycles. The third-order valence-corrected chi connectivity index (χ3v) is 5.64. The number of halogens is 2. The predicted molar refractivity (Wildman–Crippen MR) is 71.7 cm³/mol. The first kappa shape index (κ1) is 13.3. The smallest absolute Gasteiger partial charge is 0.207 e. The van der Waals surface area contributed by atoms with Gasteiger partial charge in [0.25, 0.3) is 0 Å². The van der Waals surface area contributed by atoms with Gasteiger partial charge in [0.1, 0.15) is 4.90 Å². The second-order valence-corrected chi connectivity index (χ2v) is 7.57. The van der Waals surface area contributed by atoms with Crippen LogP contribution in [0.3, 0.4) is 0 Å². The fourth-order valence-electron chi connectivity index (χ4n) is 1.88. The van der Waals surface area contributed by atoms with Gasteiger partial charge in [-0.1, -0.05) is 27.5 Å². The van der Waals surface area contributed by atoms with Gasteiger partial charge in [0.05, 0.1) is 5.02 Å². The molecule has 0 atom stereocenters. The number of nitrogens with one attached hydrogen (secondary N) is 1. The lowest BCUT2D eigenvalue weighted by atomic mass is 9.80. The molecular weight excluding hydrogens is 326 g/mol. The molecule has 1 saturated carbocycles. The number of sulfonamides is 1. The molecule has 1 aromatic carbocycles. The molecule has 0 spiro atoms. The van der Waals surface area contributed by atoms with E-state index in [1.54, 1.807) is 12.1 Å². The zero-order valence-electron chi connectivity index (χ0n) is 9.33. The maximum atomic E-state index is 12.2. The van der Waals surface area contributed by atoms with Gasteiger partial charge in [0.15, 0.2) is 0 Å². The summed E-state index contributed by atoms with van der Waals surface area (Å²) in [6, 6.07) is 4.76. The number of hydrogen-bond donors (Lipinski definition) is 1. The van der Waals surface area contributed by atoms with Crippen LogP contribution in [0.4, 0.5) is 0 Å². The van der Waals surface area contributed by atoms with Gasteiger partial charge in [-0.3, -0.25) is 0 Å². The van der Waals surface area contributed by atoms with Crippen molar-refractivity contribution in [1.29, 1.82) is 0 Å². The van der Waals surface area contributed by atoms with Crippen LogP contribution in [-0.4, -0.2) is 14.0 Å². The van der Waals surface area contributed by atoms with Gasteiger partial charge in [-0.25, -0.2) is 13.1 Å². The molecule has 3 nitrogen and oxygen atoms in total. The van der Waals surface area contributed by atoms with E-state index in [0.29, 0.717) is 0 Å². The lowest BCUT2D eigenvalue weighted by molar-refractivity contribution is 0.248. The Labute approximate surface area is 115 Å². The monoisotopic (exact) mass is 337 g/mol. The SMILES string of the molecule is CC1(NS(=O)(=O)c2ccc(Br)cc2Cl)CCC1. The van der Waals surface area contributed by atoms with Crippen molar-refractivity contribution in [2.45, 2.75) is 36.6 Å². The van der Waals surface area contributed by atoms with E-state index in [1.807, 2.05) is 6.92 Å². The summed E-state index contributed by atoms with van der Waals surface area (Å²) >= 11 is 9.20. The zero-order valence-corrected chi connectivity index (χ0v) is 12.5. The minimum Gasteiger partial charge on any atom is -0.207 e. The van der Waals surface area contributed by atoms with Gasteiger partial charge in [-0.2, -0.15) is 0 Å². The molecule has 0 unspecified atom stereocenters. The van der Waals surface area contributed by atoms with Crippen molar-refractivity contribution in [3.05, 3.63) is 27.7 Å². The molecule has 1 aromatic rings. The van der Waals surface area contributed by atoms with E-state index in [9.17, 15) is 8.42 Å². The molecule has 0 saturated heterocycles. The van der Waals surface area contributed by atoms with E-state index in [4.69, 9.17) is 11.6 Å². The average molecular weight is 339 g/mol. The Morgan fingerprint density at radius 1 is 1.41 bits per heavy atom. The molecule has 1 N–H and O–H groups in total. The van der Waals surface area contributed by atoms with E-state index < -0.39 is 10.0 Å². The molecule has 0 aliphatic heterocycles. The van der Waals surface area contributed by atoms with E-state index in [-0.39, 0.29) is 15.5 Å². The van der Waals surface area contributed by atoms with Gasteiger partial charge < -0.3 is 0 Å². The van der Waals surface area contributed by atoms with Crippen LogP contribution in [0.25, 0.3) is 0 Å². The summed E-state index contributed by atoms with van der Waals surface area (Å²) in [5, 5.41) is 0.231. The maximum absolute atomic E-state index is 12.2. The van der Waals surface area contributed by atoms with E-state index >= 15 is 0 Å². The van der Waals surface area contributed by atoms with Crippen molar-refractivity contribution in [1.82, 2.24) is 4.72 Å². The third-order valence-electron chi connectivity index (χ3n) is 3.02. The summed E-state index contributed by atoms with van der Waals surface area (Å²) < 4.78 is 27.8. The number of benzene rings is 1. The Morgan fingerprint density at radius 3 is 2.53 bits per heavy atom. The molecule has 1 aliphatic rings. The largest absolute Gasteiger partial charge is 0.242 e. The predicted octanol–water partition coefficient (Wildman–Crippen LogP) is 3.32. The lowest BCUT2D eigenvalue weighted by Gasteiger charge is -2.38. The second-order valence-electron chi connectivity index (χ2n) is 4.59. The minimum atomic E-state index is -3.53. The highest BCUT2D eigenvalue weighted by atomic mass is 79.9. The molecular formula is C11H13BrClNO2S. The minimum absolute atomic E-state index is 0.135. The van der Waals surface area contributed by atoms with Crippen molar-refractivity contribution in [3.63, 3.8) is 0 Å². The van der Waals surface area contributed by atoms with Crippen LogP contribution >= 0.6 is 27.5 Å². The highest BCUT2D eigenvalue weighted by Crippen LogP contribution is 2.34. The Kier molecular flexibility index (Phi) is 3.56. The summed E-state index contributed by atoms with van der Waals surface area (Å²) in [5.74, 6) is 0. The first-order chi connectivity index (χ1) is 7.82. The van der Waals surface area contributed by atoms with E-state index in [0.717, 1.165) is 23.7 Å². The molecule has 0 heterocycles. The summed E-state index contributed by atoms with van der Waals surface area (Å²) in [5.41, 5.74) is -0.310.